The average Bonchev–Trinajstić information content (AvgIpc) is 2.93. The molecule has 0 spiro atoms. The van der Waals surface area contributed by atoms with Crippen LogP contribution in [0.25, 0.3) is 11.0 Å². The van der Waals surface area contributed by atoms with Crippen LogP contribution in [0.2, 0.25) is 0 Å². The van der Waals surface area contributed by atoms with Crippen LogP contribution in [0.3, 0.4) is 0 Å². The first-order valence-corrected chi connectivity index (χ1v) is 6.98. The zero-order valence-corrected chi connectivity index (χ0v) is 12.2. The highest BCUT2D eigenvalue weighted by atomic mass is 16.5. The minimum Gasteiger partial charge on any atom is -0.383 e. The predicted octanol–water partition coefficient (Wildman–Crippen LogP) is 2.01. The van der Waals surface area contributed by atoms with Gasteiger partial charge in [0.1, 0.15) is 5.82 Å². The van der Waals surface area contributed by atoms with E-state index in [0.717, 1.165) is 36.2 Å². The molecule has 0 radical (unpaired) electrons. The van der Waals surface area contributed by atoms with Crippen LogP contribution in [0.1, 0.15) is 26.7 Å². The Morgan fingerprint density at radius 2 is 2.20 bits per heavy atom. The van der Waals surface area contributed by atoms with Crippen molar-refractivity contribution in [1.29, 1.82) is 0 Å². The number of aromatic amines is 1. The van der Waals surface area contributed by atoms with Gasteiger partial charge in [-0.25, -0.2) is 0 Å². The first-order chi connectivity index (χ1) is 9.78. The van der Waals surface area contributed by atoms with Gasteiger partial charge in [0.25, 0.3) is 0 Å². The number of nitrogens with zero attached hydrogens (tertiary/aromatic N) is 3. The Hall–Kier alpha value is -1.89. The summed E-state index contributed by atoms with van der Waals surface area (Å²) in [5, 5.41) is 14.4. The molecule has 7 nitrogen and oxygen atoms in total. The van der Waals surface area contributed by atoms with E-state index in [0.29, 0.717) is 12.6 Å². The van der Waals surface area contributed by atoms with Crippen molar-refractivity contribution >= 4 is 22.8 Å². The van der Waals surface area contributed by atoms with Crippen LogP contribution in [-0.4, -0.2) is 46.5 Å². The molecule has 1 atom stereocenters. The molecule has 110 valence electrons. The summed E-state index contributed by atoms with van der Waals surface area (Å²) in [5.74, 6) is 1.39. The third-order valence-corrected chi connectivity index (χ3v) is 3.04. The molecule has 2 rings (SSSR count). The summed E-state index contributed by atoms with van der Waals surface area (Å²) in [6, 6.07) is 0.215. The number of methoxy groups -OCH3 is 1. The molecule has 0 bridgehead atoms. The van der Waals surface area contributed by atoms with E-state index in [-0.39, 0.29) is 6.04 Å². The van der Waals surface area contributed by atoms with Crippen molar-refractivity contribution in [3.63, 3.8) is 0 Å². The van der Waals surface area contributed by atoms with Gasteiger partial charge < -0.3 is 15.4 Å². The number of anilines is 2. The molecule has 0 aromatic carbocycles. The molecule has 0 amide bonds. The van der Waals surface area contributed by atoms with Gasteiger partial charge in [-0.2, -0.15) is 15.1 Å². The molecule has 0 saturated heterocycles. The fraction of sp³-hybridized carbons (Fsp3) is 0.615. The van der Waals surface area contributed by atoms with Gasteiger partial charge in [-0.05, 0) is 12.8 Å². The van der Waals surface area contributed by atoms with Gasteiger partial charge in [0.15, 0.2) is 5.65 Å². The Morgan fingerprint density at radius 3 is 2.90 bits per heavy atom. The quantitative estimate of drug-likeness (QED) is 0.684. The first kappa shape index (κ1) is 14.5. The lowest BCUT2D eigenvalue weighted by Gasteiger charge is -2.17. The second kappa shape index (κ2) is 7.04. The Balaban J connectivity index is 2.26. The number of aromatic nitrogens is 4. The van der Waals surface area contributed by atoms with Gasteiger partial charge in [0, 0.05) is 13.7 Å². The van der Waals surface area contributed by atoms with Crippen molar-refractivity contribution in [2.45, 2.75) is 32.7 Å². The summed E-state index contributed by atoms with van der Waals surface area (Å²) < 4.78 is 5.21. The van der Waals surface area contributed by atoms with Crippen LogP contribution in [0.4, 0.5) is 11.8 Å². The molecule has 0 fully saturated rings. The monoisotopic (exact) mass is 278 g/mol. The second-order valence-corrected chi connectivity index (χ2v) is 4.66. The highest BCUT2D eigenvalue weighted by Gasteiger charge is 2.13. The number of hydrogen-bond donors (Lipinski definition) is 3. The second-order valence-electron chi connectivity index (χ2n) is 4.66. The molecule has 1 unspecified atom stereocenters. The summed E-state index contributed by atoms with van der Waals surface area (Å²) >= 11 is 0. The molecule has 0 aliphatic carbocycles. The Kier molecular flexibility index (Phi) is 5.11. The van der Waals surface area contributed by atoms with Crippen LogP contribution >= 0.6 is 0 Å². The number of hydrogen-bond acceptors (Lipinski definition) is 6. The largest absolute Gasteiger partial charge is 0.383 e. The van der Waals surface area contributed by atoms with Gasteiger partial charge in [-0.1, -0.05) is 13.8 Å². The van der Waals surface area contributed by atoms with Gasteiger partial charge >= 0.3 is 0 Å². The van der Waals surface area contributed by atoms with Crippen molar-refractivity contribution in [3.8, 4) is 0 Å². The lowest BCUT2D eigenvalue weighted by Crippen LogP contribution is -2.24. The Morgan fingerprint density at radius 1 is 1.35 bits per heavy atom. The maximum Gasteiger partial charge on any atom is 0.226 e. The molecule has 2 aromatic heterocycles. The number of ether oxygens (including phenoxy) is 1. The average molecular weight is 278 g/mol. The van der Waals surface area contributed by atoms with Gasteiger partial charge in [-0.15, -0.1) is 0 Å². The van der Waals surface area contributed by atoms with Crippen LogP contribution in [0, 0.1) is 0 Å². The van der Waals surface area contributed by atoms with Crippen LogP contribution in [0.5, 0.6) is 0 Å². The van der Waals surface area contributed by atoms with Crippen LogP contribution < -0.4 is 10.6 Å². The van der Waals surface area contributed by atoms with Crippen molar-refractivity contribution < 1.29 is 4.74 Å². The summed E-state index contributed by atoms with van der Waals surface area (Å²) in [7, 11) is 1.70. The van der Waals surface area contributed by atoms with Gasteiger partial charge in [0.2, 0.25) is 5.95 Å². The molecule has 0 saturated carbocycles. The fourth-order valence-electron chi connectivity index (χ4n) is 1.92. The molecular formula is C13H22N6O. The maximum absolute atomic E-state index is 5.21. The zero-order chi connectivity index (χ0) is 14.4. The lowest BCUT2D eigenvalue weighted by atomic mass is 10.2. The SMILES string of the molecule is CCCNc1nc(NC(CC)COC)c2cn[nH]c2n1. The number of rotatable bonds is 8. The van der Waals surface area contributed by atoms with Crippen LogP contribution in [0.15, 0.2) is 6.20 Å². The molecule has 2 heterocycles. The van der Waals surface area contributed by atoms with E-state index in [4.69, 9.17) is 4.74 Å². The molecule has 20 heavy (non-hydrogen) atoms. The van der Waals surface area contributed by atoms with Crippen molar-refractivity contribution in [1.82, 2.24) is 20.2 Å². The highest BCUT2D eigenvalue weighted by Crippen LogP contribution is 2.21. The molecule has 7 heteroatoms. The number of fused-ring (bicyclic) bond motifs is 1. The Bertz CT molecular complexity index is 541. The summed E-state index contributed by atoms with van der Waals surface area (Å²) in [4.78, 5) is 8.93. The van der Waals surface area contributed by atoms with E-state index >= 15 is 0 Å². The molecule has 3 N–H and O–H groups in total. The molecule has 0 aliphatic heterocycles. The number of H-pyrrole nitrogens is 1. The highest BCUT2D eigenvalue weighted by molar-refractivity contribution is 5.87. The third-order valence-electron chi connectivity index (χ3n) is 3.04. The summed E-state index contributed by atoms with van der Waals surface area (Å²) in [5.41, 5.74) is 0.730. The normalized spacial score (nSPS) is 12.6. The van der Waals surface area contributed by atoms with Gasteiger partial charge in [0.05, 0.1) is 24.2 Å². The summed E-state index contributed by atoms with van der Waals surface area (Å²) in [6.45, 7) is 5.69. The Labute approximate surface area is 118 Å². The van der Waals surface area contributed by atoms with Crippen molar-refractivity contribution in [3.05, 3.63) is 6.20 Å². The predicted molar refractivity (Wildman–Crippen MR) is 80.0 cm³/mol. The van der Waals surface area contributed by atoms with Crippen LogP contribution in [-0.2, 0) is 4.74 Å². The summed E-state index contributed by atoms with van der Waals surface area (Å²) in [6.07, 6.45) is 3.71. The minimum absolute atomic E-state index is 0.215. The van der Waals surface area contributed by atoms with Gasteiger partial charge in [-0.3, -0.25) is 5.10 Å². The van der Waals surface area contributed by atoms with E-state index in [1.807, 2.05) is 0 Å². The van der Waals surface area contributed by atoms with E-state index in [1.165, 1.54) is 0 Å². The van der Waals surface area contributed by atoms with E-state index in [1.54, 1.807) is 13.3 Å². The topological polar surface area (TPSA) is 87.8 Å². The fourth-order valence-corrected chi connectivity index (χ4v) is 1.92. The zero-order valence-electron chi connectivity index (χ0n) is 12.2. The standard InChI is InChI=1S/C13H22N6O/c1-4-6-14-13-17-11(16-9(5-2)8-20-3)10-7-15-19-12(10)18-13/h7,9H,4-6,8H2,1-3H3,(H3,14,15,16,17,18,19). The maximum atomic E-state index is 5.21. The lowest BCUT2D eigenvalue weighted by molar-refractivity contribution is 0.184. The van der Waals surface area contributed by atoms with Crippen molar-refractivity contribution in [2.75, 3.05) is 30.9 Å². The molecular weight excluding hydrogens is 256 g/mol. The molecule has 2 aromatic rings. The minimum atomic E-state index is 0.215. The third kappa shape index (κ3) is 3.36. The van der Waals surface area contributed by atoms with E-state index in [2.05, 4.69) is 44.6 Å². The van der Waals surface area contributed by atoms with E-state index < -0.39 is 0 Å². The van der Waals surface area contributed by atoms with E-state index in [9.17, 15) is 0 Å². The number of nitrogens with one attached hydrogen (secondary N) is 3. The smallest absolute Gasteiger partial charge is 0.226 e. The molecule has 0 aliphatic rings. The van der Waals surface area contributed by atoms with Crippen molar-refractivity contribution in [2.24, 2.45) is 0 Å². The first-order valence-electron chi connectivity index (χ1n) is 6.98.